The van der Waals surface area contributed by atoms with Crippen LogP contribution >= 0.6 is 11.3 Å². The van der Waals surface area contributed by atoms with Crippen molar-refractivity contribution in [3.05, 3.63) is 77.1 Å². The molecule has 2 atom stereocenters. The van der Waals surface area contributed by atoms with Crippen LogP contribution in [0.4, 0.5) is 0 Å². The zero-order chi connectivity index (χ0) is 18.0. The molecule has 0 bridgehead atoms. The molecule has 0 amide bonds. The maximum absolute atomic E-state index is 12.5. The van der Waals surface area contributed by atoms with Crippen molar-refractivity contribution in [2.45, 2.75) is 23.2 Å². The average molecular weight is 390 g/mol. The number of furan rings is 1. The van der Waals surface area contributed by atoms with Gasteiger partial charge in [-0.1, -0.05) is 30.3 Å². The van der Waals surface area contributed by atoms with Crippen molar-refractivity contribution in [1.82, 2.24) is 4.72 Å². The molecule has 1 aliphatic heterocycles. The number of nitrogens with one attached hydrogen (secondary N) is 2. The molecule has 136 valence electrons. The Morgan fingerprint density at radius 1 is 1.12 bits per heavy atom. The summed E-state index contributed by atoms with van der Waals surface area (Å²) in [5.41, 5.74) is 2.71. The molecular formula is C19H21N2O3S2+. The number of fused-ring (bicyclic) bond motifs is 1. The molecule has 2 N–H and O–H groups in total. The molecule has 1 unspecified atom stereocenters. The highest BCUT2D eigenvalue weighted by Crippen LogP contribution is 2.18. The number of sulfonamides is 1. The van der Waals surface area contributed by atoms with Crippen LogP contribution in [-0.2, 0) is 23.0 Å². The van der Waals surface area contributed by atoms with Gasteiger partial charge in [0.2, 0.25) is 10.0 Å². The van der Waals surface area contributed by atoms with E-state index in [0.717, 1.165) is 25.3 Å². The molecule has 0 saturated carbocycles. The molecule has 1 aromatic carbocycles. The van der Waals surface area contributed by atoms with E-state index >= 15 is 0 Å². The SMILES string of the molecule is O=S(=O)(NC[C@H](c1ccco1)[NH+]1CCc2ccccc2C1)c1cccs1. The third-order valence-electron chi connectivity index (χ3n) is 4.87. The van der Waals surface area contributed by atoms with Crippen molar-refractivity contribution in [1.29, 1.82) is 0 Å². The number of hydrogen-bond donors (Lipinski definition) is 2. The summed E-state index contributed by atoms with van der Waals surface area (Å²) in [6.45, 7) is 2.12. The molecule has 0 fully saturated rings. The lowest BCUT2D eigenvalue weighted by Gasteiger charge is -2.31. The fraction of sp³-hybridized carbons (Fsp3) is 0.263. The van der Waals surface area contributed by atoms with Crippen LogP contribution < -0.4 is 9.62 Å². The molecule has 0 aliphatic carbocycles. The molecule has 0 spiro atoms. The summed E-state index contributed by atoms with van der Waals surface area (Å²) in [5.74, 6) is 0.813. The first kappa shape index (κ1) is 17.5. The second-order valence-corrected chi connectivity index (χ2v) is 9.40. The summed E-state index contributed by atoms with van der Waals surface area (Å²) >= 11 is 1.22. The number of benzene rings is 1. The summed E-state index contributed by atoms with van der Waals surface area (Å²) in [6, 6.07) is 15.6. The Bertz CT molecular complexity index is 951. The summed E-state index contributed by atoms with van der Waals surface area (Å²) in [7, 11) is -3.49. The van der Waals surface area contributed by atoms with Gasteiger partial charge >= 0.3 is 0 Å². The maximum atomic E-state index is 12.5. The van der Waals surface area contributed by atoms with E-state index in [-0.39, 0.29) is 6.04 Å². The van der Waals surface area contributed by atoms with Crippen LogP contribution in [0.15, 0.2) is 68.8 Å². The topological polar surface area (TPSA) is 63.8 Å². The van der Waals surface area contributed by atoms with E-state index in [0.29, 0.717) is 10.8 Å². The molecule has 26 heavy (non-hydrogen) atoms. The van der Waals surface area contributed by atoms with Gasteiger partial charge in [0.05, 0.1) is 19.4 Å². The smallest absolute Gasteiger partial charge is 0.250 e. The summed E-state index contributed by atoms with van der Waals surface area (Å²) in [6.07, 6.45) is 2.63. The Morgan fingerprint density at radius 2 is 1.96 bits per heavy atom. The van der Waals surface area contributed by atoms with Crippen LogP contribution in [0.1, 0.15) is 22.9 Å². The van der Waals surface area contributed by atoms with Gasteiger partial charge < -0.3 is 9.32 Å². The normalized spacial score (nSPS) is 18.4. The second-order valence-electron chi connectivity index (χ2n) is 6.46. The lowest BCUT2D eigenvalue weighted by atomic mass is 9.98. The minimum atomic E-state index is -3.49. The lowest BCUT2D eigenvalue weighted by Crippen LogP contribution is -3.12. The Kier molecular flexibility index (Phi) is 4.95. The maximum Gasteiger partial charge on any atom is 0.250 e. The molecule has 5 nitrogen and oxygen atoms in total. The summed E-state index contributed by atoms with van der Waals surface area (Å²) < 4.78 is 33.8. The summed E-state index contributed by atoms with van der Waals surface area (Å²) in [4.78, 5) is 1.31. The van der Waals surface area contributed by atoms with Crippen LogP contribution in [0.2, 0.25) is 0 Å². The minimum Gasteiger partial charge on any atom is -0.463 e. The molecule has 7 heteroatoms. The first-order valence-electron chi connectivity index (χ1n) is 8.61. The van der Waals surface area contributed by atoms with Gasteiger partial charge in [-0.25, -0.2) is 13.1 Å². The average Bonchev–Trinajstić information content (AvgIpc) is 3.36. The Morgan fingerprint density at radius 3 is 2.69 bits per heavy atom. The quantitative estimate of drug-likeness (QED) is 0.678. The van der Waals surface area contributed by atoms with Gasteiger partial charge in [-0.3, -0.25) is 0 Å². The monoisotopic (exact) mass is 389 g/mol. The highest BCUT2D eigenvalue weighted by atomic mass is 32.2. The van der Waals surface area contributed by atoms with Gasteiger partial charge in [-0.2, -0.15) is 0 Å². The lowest BCUT2D eigenvalue weighted by molar-refractivity contribution is -0.946. The van der Waals surface area contributed by atoms with Crippen LogP contribution in [0.5, 0.6) is 0 Å². The van der Waals surface area contributed by atoms with Crippen molar-refractivity contribution < 1.29 is 17.7 Å². The van der Waals surface area contributed by atoms with E-state index in [1.165, 1.54) is 27.4 Å². The van der Waals surface area contributed by atoms with Gasteiger partial charge in [0.25, 0.3) is 0 Å². The van der Waals surface area contributed by atoms with Crippen LogP contribution in [0, 0.1) is 0 Å². The Labute approximate surface area is 157 Å². The van der Waals surface area contributed by atoms with Gasteiger partial charge in [-0.15, -0.1) is 11.3 Å². The zero-order valence-corrected chi connectivity index (χ0v) is 15.9. The highest BCUT2D eigenvalue weighted by molar-refractivity contribution is 7.91. The molecule has 1 aliphatic rings. The predicted molar refractivity (Wildman–Crippen MR) is 101 cm³/mol. The van der Waals surface area contributed by atoms with Crippen LogP contribution in [0.3, 0.4) is 0 Å². The molecule has 0 saturated heterocycles. The second kappa shape index (κ2) is 7.36. The molecule has 4 rings (SSSR count). The van der Waals surface area contributed by atoms with Crippen molar-refractivity contribution in [2.75, 3.05) is 13.1 Å². The zero-order valence-electron chi connectivity index (χ0n) is 14.2. The van der Waals surface area contributed by atoms with E-state index < -0.39 is 10.0 Å². The van der Waals surface area contributed by atoms with Crippen molar-refractivity contribution in [2.24, 2.45) is 0 Å². The van der Waals surface area contributed by atoms with E-state index in [4.69, 9.17) is 4.42 Å². The molecule has 0 radical (unpaired) electrons. The van der Waals surface area contributed by atoms with Crippen molar-refractivity contribution >= 4 is 21.4 Å². The van der Waals surface area contributed by atoms with E-state index in [1.807, 2.05) is 12.1 Å². The largest absolute Gasteiger partial charge is 0.463 e. The van der Waals surface area contributed by atoms with Crippen molar-refractivity contribution in [3.63, 3.8) is 0 Å². The van der Waals surface area contributed by atoms with Gasteiger partial charge in [-0.05, 0) is 29.1 Å². The summed E-state index contributed by atoms with van der Waals surface area (Å²) in [5, 5.41) is 1.77. The number of hydrogen-bond acceptors (Lipinski definition) is 4. The van der Waals surface area contributed by atoms with E-state index in [9.17, 15) is 8.42 Å². The van der Waals surface area contributed by atoms with Gasteiger partial charge in [0, 0.05) is 12.0 Å². The highest BCUT2D eigenvalue weighted by Gasteiger charge is 2.31. The Balaban J connectivity index is 1.55. The third-order valence-corrected chi connectivity index (χ3v) is 7.69. The fourth-order valence-electron chi connectivity index (χ4n) is 3.52. The van der Waals surface area contributed by atoms with Crippen LogP contribution in [0.25, 0.3) is 0 Å². The van der Waals surface area contributed by atoms with Crippen molar-refractivity contribution in [3.8, 4) is 0 Å². The number of thiophene rings is 1. The minimum absolute atomic E-state index is 0.0620. The Hall–Kier alpha value is -1.93. The van der Waals surface area contributed by atoms with E-state index in [1.54, 1.807) is 23.8 Å². The first-order valence-corrected chi connectivity index (χ1v) is 11.0. The third kappa shape index (κ3) is 3.61. The standard InChI is InChI=1S/C19H20N2O3S2/c22-26(23,19-8-4-12-25-19)20-13-17(18-7-3-11-24-18)21-10-9-15-5-1-2-6-16(15)14-21/h1-8,11-12,17,20H,9-10,13-14H2/p+1/t17-/m1/s1. The molecule has 2 aromatic heterocycles. The number of quaternary nitrogens is 1. The number of rotatable bonds is 6. The predicted octanol–water partition coefficient (Wildman–Crippen LogP) is 2.00. The van der Waals surface area contributed by atoms with Gasteiger partial charge in [0.15, 0.2) is 11.8 Å². The van der Waals surface area contributed by atoms with Crippen LogP contribution in [-0.4, -0.2) is 21.5 Å². The molecular weight excluding hydrogens is 368 g/mol. The van der Waals surface area contributed by atoms with E-state index in [2.05, 4.69) is 29.0 Å². The first-order chi connectivity index (χ1) is 12.6. The fourth-order valence-corrected chi connectivity index (χ4v) is 5.60. The molecule has 3 heterocycles. The molecule has 3 aromatic rings. The van der Waals surface area contributed by atoms with Gasteiger partial charge in [0.1, 0.15) is 10.8 Å².